The number of carbonyl (C=O) groups excluding carboxylic acids is 3. The predicted octanol–water partition coefficient (Wildman–Crippen LogP) is 5.92. The Morgan fingerprint density at radius 2 is 1.50 bits per heavy atom. The molecule has 11 heteroatoms. The van der Waals surface area contributed by atoms with Crippen LogP contribution < -0.4 is 24.3 Å². The summed E-state index contributed by atoms with van der Waals surface area (Å²) in [6.07, 6.45) is 2.73. The molecule has 0 radical (unpaired) electrons. The van der Waals surface area contributed by atoms with Gasteiger partial charge in [0.2, 0.25) is 5.91 Å². The summed E-state index contributed by atoms with van der Waals surface area (Å²) in [5.74, 6) is -3.73. The molecule has 2 aromatic rings. The van der Waals surface area contributed by atoms with Gasteiger partial charge in [0, 0.05) is 13.5 Å². The average Bonchev–Trinajstić information content (AvgIpc) is 2.99. The van der Waals surface area contributed by atoms with E-state index in [1.54, 1.807) is 24.3 Å². The standard InChI is InChI=1S/C33H34F3NO7/c1-20(38)37-16-8-6-7-9-23-18-24(22-12-15-27(42-3)29(19-22)44-5)31(33(34,35)36)32(40)30(23)25(39)13-10-21-11-14-26(41-2)28(17-21)43-4/h7,9-15,17-19,31H,6,8,16H2,1-5H3,(H,37,38)/b9-7+,13-10+. The van der Waals surface area contributed by atoms with Crippen molar-refractivity contribution < 1.29 is 46.5 Å². The minimum atomic E-state index is -5.00. The van der Waals surface area contributed by atoms with E-state index in [2.05, 4.69) is 5.32 Å². The van der Waals surface area contributed by atoms with Crippen LogP contribution in [-0.4, -0.2) is 58.6 Å². The van der Waals surface area contributed by atoms with Gasteiger partial charge in [-0.3, -0.25) is 14.4 Å². The van der Waals surface area contributed by atoms with Crippen molar-refractivity contribution in [1.29, 1.82) is 0 Å². The molecular weight excluding hydrogens is 579 g/mol. The first-order chi connectivity index (χ1) is 20.9. The molecule has 1 amide bonds. The Bertz CT molecular complexity index is 1520. The fourth-order valence-electron chi connectivity index (χ4n) is 4.64. The van der Waals surface area contributed by atoms with Gasteiger partial charge >= 0.3 is 6.18 Å². The number of amides is 1. The highest BCUT2D eigenvalue weighted by atomic mass is 19.4. The van der Waals surface area contributed by atoms with Crippen LogP contribution in [-0.2, 0) is 14.4 Å². The van der Waals surface area contributed by atoms with Crippen LogP contribution in [0.5, 0.6) is 23.0 Å². The molecule has 0 fully saturated rings. The molecule has 3 rings (SSSR count). The molecule has 1 aliphatic carbocycles. The number of ketones is 2. The van der Waals surface area contributed by atoms with Crippen LogP contribution in [0.2, 0.25) is 0 Å². The molecule has 1 unspecified atom stereocenters. The van der Waals surface area contributed by atoms with Crippen LogP contribution >= 0.6 is 0 Å². The van der Waals surface area contributed by atoms with E-state index in [0.717, 1.165) is 6.08 Å². The molecule has 0 saturated carbocycles. The Labute approximate surface area is 253 Å². The molecule has 0 bridgehead atoms. The number of benzene rings is 2. The Kier molecular flexibility index (Phi) is 11.6. The van der Waals surface area contributed by atoms with E-state index in [9.17, 15) is 27.6 Å². The minimum absolute atomic E-state index is 0.0294. The van der Waals surface area contributed by atoms with Crippen molar-refractivity contribution in [2.75, 3.05) is 35.0 Å². The molecule has 44 heavy (non-hydrogen) atoms. The van der Waals surface area contributed by atoms with E-state index in [-0.39, 0.29) is 28.4 Å². The minimum Gasteiger partial charge on any atom is -0.493 e. The number of nitrogens with one attached hydrogen (secondary N) is 1. The molecule has 2 aromatic carbocycles. The monoisotopic (exact) mass is 613 g/mol. The molecule has 0 heterocycles. The molecule has 0 spiro atoms. The molecule has 8 nitrogen and oxygen atoms in total. The van der Waals surface area contributed by atoms with Crippen LogP contribution in [0.4, 0.5) is 13.2 Å². The normalized spacial score (nSPS) is 15.4. The number of halogens is 3. The highest BCUT2D eigenvalue weighted by molar-refractivity contribution is 6.29. The molecule has 0 aliphatic heterocycles. The predicted molar refractivity (Wildman–Crippen MR) is 160 cm³/mol. The lowest BCUT2D eigenvalue weighted by molar-refractivity contribution is -0.167. The van der Waals surface area contributed by atoms with Gasteiger partial charge in [-0.05, 0) is 71.5 Å². The van der Waals surface area contributed by atoms with Crippen LogP contribution in [0.15, 0.2) is 71.8 Å². The number of carbonyl (C=O) groups is 3. The maximum absolute atomic E-state index is 14.5. The summed E-state index contributed by atoms with van der Waals surface area (Å²) >= 11 is 0. The maximum atomic E-state index is 14.5. The SMILES string of the molecule is COc1ccc(/C=C/C(=O)C2=C(/C=C/CCCNC(C)=O)C=C(c3ccc(OC)c(OC)c3)C(C(F)(F)F)C2=O)cc1OC. The number of Topliss-reactive ketones (excluding diaryl/α,β-unsaturated/α-hetero) is 1. The molecular formula is C33H34F3NO7. The van der Waals surface area contributed by atoms with Gasteiger partial charge in [0.05, 0.1) is 34.0 Å². The molecule has 1 N–H and O–H groups in total. The van der Waals surface area contributed by atoms with Crippen molar-refractivity contribution in [2.24, 2.45) is 5.92 Å². The van der Waals surface area contributed by atoms with Crippen LogP contribution in [0.25, 0.3) is 11.6 Å². The van der Waals surface area contributed by atoms with Crippen molar-refractivity contribution in [2.45, 2.75) is 25.9 Å². The van der Waals surface area contributed by atoms with E-state index >= 15 is 0 Å². The fraction of sp³-hybridized carbons (Fsp3) is 0.303. The molecule has 0 aromatic heterocycles. The fourth-order valence-corrected chi connectivity index (χ4v) is 4.64. The first-order valence-corrected chi connectivity index (χ1v) is 13.6. The third kappa shape index (κ3) is 8.18. The van der Waals surface area contributed by atoms with Gasteiger partial charge in [0.15, 0.2) is 34.6 Å². The lowest BCUT2D eigenvalue weighted by atomic mass is 9.77. The second-order valence-corrected chi connectivity index (χ2v) is 9.68. The van der Waals surface area contributed by atoms with Crippen molar-refractivity contribution in [3.63, 3.8) is 0 Å². The Morgan fingerprint density at radius 1 is 0.886 bits per heavy atom. The number of hydrogen-bond donors (Lipinski definition) is 1. The van der Waals surface area contributed by atoms with Gasteiger partial charge < -0.3 is 24.3 Å². The summed E-state index contributed by atoms with van der Waals surface area (Å²) in [7, 11) is 5.65. The number of methoxy groups -OCH3 is 4. The molecule has 234 valence electrons. The smallest absolute Gasteiger partial charge is 0.402 e. The Morgan fingerprint density at radius 3 is 2.09 bits per heavy atom. The van der Waals surface area contributed by atoms with E-state index in [1.807, 2.05) is 0 Å². The summed E-state index contributed by atoms with van der Waals surface area (Å²) in [6.45, 7) is 1.78. The quantitative estimate of drug-likeness (QED) is 0.170. The highest BCUT2D eigenvalue weighted by Gasteiger charge is 2.51. The molecule has 0 saturated heterocycles. The number of allylic oxidation sites excluding steroid dienone is 7. The summed E-state index contributed by atoms with van der Waals surface area (Å²) in [4.78, 5) is 38.2. The summed E-state index contributed by atoms with van der Waals surface area (Å²) in [5, 5.41) is 2.66. The lowest BCUT2D eigenvalue weighted by Gasteiger charge is -2.28. The van der Waals surface area contributed by atoms with E-state index < -0.39 is 29.2 Å². The van der Waals surface area contributed by atoms with Crippen LogP contribution in [0, 0.1) is 5.92 Å². The number of alkyl halides is 3. The zero-order valence-electron chi connectivity index (χ0n) is 25.0. The van der Waals surface area contributed by atoms with Gasteiger partial charge in [-0.2, -0.15) is 13.2 Å². The van der Waals surface area contributed by atoms with Crippen molar-refractivity contribution >= 4 is 29.1 Å². The first-order valence-electron chi connectivity index (χ1n) is 13.6. The second kappa shape index (κ2) is 15.1. The molecule has 1 aliphatic rings. The van der Waals surface area contributed by atoms with Crippen molar-refractivity contribution in [1.82, 2.24) is 5.32 Å². The lowest BCUT2D eigenvalue weighted by Crippen LogP contribution is -2.36. The largest absolute Gasteiger partial charge is 0.493 e. The molecule has 1 atom stereocenters. The summed E-state index contributed by atoms with van der Waals surface area (Å²) < 4.78 is 64.6. The van der Waals surface area contributed by atoms with Crippen LogP contribution in [0.1, 0.15) is 30.9 Å². The number of unbranched alkanes of at least 4 members (excludes halogenated alkanes) is 1. The van der Waals surface area contributed by atoms with Gasteiger partial charge in [-0.15, -0.1) is 0 Å². The van der Waals surface area contributed by atoms with E-state index in [1.165, 1.54) is 71.8 Å². The highest BCUT2D eigenvalue weighted by Crippen LogP contribution is 2.45. The van der Waals surface area contributed by atoms with Crippen LogP contribution in [0.3, 0.4) is 0 Å². The van der Waals surface area contributed by atoms with Gasteiger partial charge in [0.1, 0.15) is 5.92 Å². The Balaban J connectivity index is 2.13. The number of ether oxygens (including phenoxy) is 4. The second-order valence-electron chi connectivity index (χ2n) is 9.68. The van der Waals surface area contributed by atoms with E-state index in [4.69, 9.17) is 18.9 Å². The van der Waals surface area contributed by atoms with Crippen molar-refractivity contribution in [3.8, 4) is 23.0 Å². The topological polar surface area (TPSA) is 100 Å². The van der Waals surface area contributed by atoms with Gasteiger partial charge in [-0.25, -0.2) is 0 Å². The third-order valence-electron chi connectivity index (χ3n) is 6.76. The van der Waals surface area contributed by atoms with E-state index in [0.29, 0.717) is 42.2 Å². The Hall–Kier alpha value is -4.80. The summed E-state index contributed by atoms with van der Waals surface area (Å²) in [5.41, 5.74) is -0.305. The first kappa shape index (κ1) is 33.7. The summed E-state index contributed by atoms with van der Waals surface area (Å²) in [6, 6.07) is 9.03. The number of hydrogen-bond acceptors (Lipinski definition) is 7. The zero-order valence-corrected chi connectivity index (χ0v) is 25.0. The van der Waals surface area contributed by atoms with Gasteiger partial charge in [0.25, 0.3) is 0 Å². The number of rotatable bonds is 13. The van der Waals surface area contributed by atoms with Crippen molar-refractivity contribution in [3.05, 3.63) is 83.0 Å². The third-order valence-corrected chi connectivity index (χ3v) is 6.76. The average molecular weight is 614 g/mol. The maximum Gasteiger partial charge on any atom is 0.402 e. The zero-order chi connectivity index (χ0) is 32.4. The van der Waals surface area contributed by atoms with Gasteiger partial charge in [-0.1, -0.05) is 30.4 Å².